The van der Waals surface area contributed by atoms with Gasteiger partial charge in [0.1, 0.15) is 6.04 Å². The first-order valence-electron chi connectivity index (χ1n) is 8.74. The summed E-state index contributed by atoms with van der Waals surface area (Å²) in [6.45, 7) is 5.78. The first-order valence-corrected chi connectivity index (χ1v) is 8.74. The number of fused-ring (bicyclic) bond motifs is 1. The number of carbonyl (C=O) groups excluding carboxylic acids is 2. The van der Waals surface area contributed by atoms with E-state index in [9.17, 15) is 9.59 Å². The fraction of sp³-hybridized carbons (Fsp3) is 0.556. The van der Waals surface area contributed by atoms with Crippen LogP contribution in [0.5, 0.6) is 0 Å². The molecule has 6 nitrogen and oxygen atoms in total. The van der Waals surface area contributed by atoms with Gasteiger partial charge >= 0.3 is 0 Å². The third-order valence-electron chi connectivity index (χ3n) is 4.84. The maximum atomic E-state index is 12.4. The molecule has 130 valence electrons. The van der Waals surface area contributed by atoms with E-state index in [-0.39, 0.29) is 23.9 Å². The topological polar surface area (TPSA) is 73.5 Å². The Morgan fingerprint density at radius 3 is 2.83 bits per heavy atom. The molecule has 24 heavy (non-hydrogen) atoms. The van der Waals surface area contributed by atoms with E-state index in [2.05, 4.69) is 23.1 Å². The van der Waals surface area contributed by atoms with Crippen LogP contribution in [-0.4, -0.2) is 29.9 Å². The van der Waals surface area contributed by atoms with E-state index in [1.807, 2.05) is 30.0 Å². The first-order chi connectivity index (χ1) is 11.5. The van der Waals surface area contributed by atoms with Gasteiger partial charge in [-0.05, 0) is 49.9 Å². The van der Waals surface area contributed by atoms with Crippen LogP contribution in [0, 0.1) is 0 Å². The van der Waals surface area contributed by atoms with Crippen molar-refractivity contribution in [2.45, 2.75) is 64.6 Å². The molecule has 0 bridgehead atoms. The summed E-state index contributed by atoms with van der Waals surface area (Å²) in [6.07, 6.45) is 3.79. The van der Waals surface area contributed by atoms with E-state index >= 15 is 0 Å². The second kappa shape index (κ2) is 6.91. The monoisotopic (exact) mass is 330 g/mol. The zero-order valence-electron chi connectivity index (χ0n) is 14.6. The van der Waals surface area contributed by atoms with Crippen LogP contribution in [-0.2, 0) is 16.0 Å². The van der Waals surface area contributed by atoms with Crippen molar-refractivity contribution < 1.29 is 9.59 Å². The van der Waals surface area contributed by atoms with Gasteiger partial charge in [-0.3, -0.25) is 15.0 Å². The number of nitrogens with zero attached hydrogens (tertiary/aromatic N) is 1. The van der Waals surface area contributed by atoms with Crippen LogP contribution in [0.2, 0.25) is 0 Å². The Bertz CT molecular complexity index is 646. The maximum absolute atomic E-state index is 12.4. The highest BCUT2D eigenvalue weighted by molar-refractivity contribution is 5.97. The lowest BCUT2D eigenvalue weighted by atomic mass is 10.1. The lowest BCUT2D eigenvalue weighted by Gasteiger charge is -2.20. The van der Waals surface area contributed by atoms with Gasteiger partial charge in [-0.2, -0.15) is 0 Å². The van der Waals surface area contributed by atoms with Crippen LogP contribution in [0.15, 0.2) is 18.2 Å². The maximum Gasteiger partial charge on any atom is 0.242 e. The molecule has 0 saturated carbocycles. The van der Waals surface area contributed by atoms with Crippen LogP contribution < -0.4 is 21.1 Å². The molecule has 3 atom stereocenters. The van der Waals surface area contributed by atoms with Crippen LogP contribution in [0.1, 0.15) is 45.6 Å². The van der Waals surface area contributed by atoms with Gasteiger partial charge in [0.25, 0.3) is 0 Å². The Labute approximate surface area is 143 Å². The highest BCUT2D eigenvalue weighted by atomic mass is 16.2. The molecular weight excluding hydrogens is 304 g/mol. The molecule has 0 spiro atoms. The summed E-state index contributed by atoms with van der Waals surface area (Å²) in [5.74, 6) is 0.0387. The fourth-order valence-electron chi connectivity index (χ4n) is 3.75. The van der Waals surface area contributed by atoms with Gasteiger partial charge in [-0.1, -0.05) is 13.3 Å². The molecule has 1 fully saturated rings. The number of hydrazine groups is 1. The van der Waals surface area contributed by atoms with Gasteiger partial charge in [0.15, 0.2) is 0 Å². The molecule has 0 aliphatic carbocycles. The van der Waals surface area contributed by atoms with Gasteiger partial charge in [0, 0.05) is 30.4 Å². The molecule has 0 radical (unpaired) electrons. The predicted molar refractivity (Wildman–Crippen MR) is 94.8 cm³/mol. The average Bonchev–Trinajstić information content (AvgIpc) is 3.10. The zero-order valence-corrected chi connectivity index (χ0v) is 14.6. The minimum Gasteiger partial charge on any atom is -0.325 e. The summed E-state index contributed by atoms with van der Waals surface area (Å²) in [5.41, 5.74) is 9.12. The average molecular weight is 330 g/mol. The number of benzene rings is 1. The Morgan fingerprint density at radius 2 is 2.12 bits per heavy atom. The summed E-state index contributed by atoms with van der Waals surface area (Å²) >= 11 is 0. The molecular formula is C18H26N4O2. The van der Waals surface area contributed by atoms with Crippen LogP contribution in [0.3, 0.4) is 0 Å². The Balaban J connectivity index is 1.66. The van der Waals surface area contributed by atoms with Gasteiger partial charge < -0.3 is 10.2 Å². The van der Waals surface area contributed by atoms with Gasteiger partial charge in [0.2, 0.25) is 11.8 Å². The molecule has 6 heteroatoms. The van der Waals surface area contributed by atoms with Crippen LogP contribution in [0.4, 0.5) is 11.4 Å². The minimum atomic E-state index is -0.206. The van der Waals surface area contributed by atoms with Crippen molar-refractivity contribution >= 4 is 23.2 Å². The molecule has 1 aromatic carbocycles. The number of hydrogen-bond donors (Lipinski definition) is 3. The van der Waals surface area contributed by atoms with E-state index in [4.69, 9.17) is 0 Å². The summed E-state index contributed by atoms with van der Waals surface area (Å²) in [5, 5.41) is 2.99. The van der Waals surface area contributed by atoms with Gasteiger partial charge in [0.05, 0.1) is 0 Å². The third kappa shape index (κ3) is 3.30. The van der Waals surface area contributed by atoms with Crippen molar-refractivity contribution in [1.82, 2.24) is 10.9 Å². The van der Waals surface area contributed by atoms with Crippen molar-refractivity contribution in [3.63, 3.8) is 0 Å². The van der Waals surface area contributed by atoms with Crippen molar-refractivity contribution in [2.75, 3.05) is 10.2 Å². The van der Waals surface area contributed by atoms with Crippen molar-refractivity contribution in [2.24, 2.45) is 0 Å². The van der Waals surface area contributed by atoms with Crippen LogP contribution >= 0.6 is 0 Å². The molecule has 2 aliphatic rings. The summed E-state index contributed by atoms with van der Waals surface area (Å²) < 4.78 is 0. The quantitative estimate of drug-likeness (QED) is 0.789. The summed E-state index contributed by atoms with van der Waals surface area (Å²) in [7, 11) is 0. The minimum absolute atomic E-state index is 0.0180. The number of hydrogen-bond acceptors (Lipinski definition) is 4. The zero-order chi connectivity index (χ0) is 17.3. The number of rotatable bonds is 4. The molecule has 2 amide bonds. The Hall–Kier alpha value is -1.92. The molecule has 3 unspecified atom stereocenters. The van der Waals surface area contributed by atoms with Crippen molar-refractivity contribution in [3.05, 3.63) is 23.8 Å². The number of amides is 2. The van der Waals surface area contributed by atoms with Gasteiger partial charge in [-0.25, -0.2) is 5.43 Å². The first kappa shape index (κ1) is 16.9. The number of carbonyl (C=O) groups is 2. The van der Waals surface area contributed by atoms with Crippen LogP contribution in [0.25, 0.3) is 0 Å². The normalized spacial score (nSPS) is 25.6. The standard InChI is InChI=1S/C18H26N4O2/c1-4-5-15-10-16(21-20-15)18(24)19-14-6-7-17-13(9-14)8-11(2)22(17)12(3)23/h6-7,9,11,15-16,20-21H,4-5,8,10H2,1-3H3,(H,19,24). The van der Waals surface area contributed by atoms with E-state index in [1.165, 1.54) is 0 Å². The molecule has 2 aliphatic heterocycles. The van der Waals surface area contributed by atoms with Crippen molar-refractivity contribution in [3.8, 4) is 0 Å². The SMILES string of the molecule is CCCC1CC(C(=O)Nc2ccc3c(c2)CC(C)N3C(C)=O)NN1. The number of anilines is 2. The van der Waals surface area contributed by atoms with E-state index in [0.717, 1.165) is 42.6 Å². The Morgan fingerprint density at radius 1 is 1.33 bits per heavy atom. The molecule has 1 saturated heterocycles. The third-order valence-corrected chi connectivity index (χ3v) is 4.84. The highest BCUT2D eigenvalue weighted by Gasteiger charge is 2.31. The lowest BCUT2D eigenvalue weighted by molar-refractivity contribution is -0.118. The Kier molecular flexibility index (Phi) is 4.87. The predicted octanol–water partition coefficient (Wildman–Crippen LogP) is 1.96. The molecule has 0 aromatic heterocycles. The molecule has 3 N–H and O–H groups in total. The van der Waals surface area contributed by atoms with E-state index in [1.54, 1.807) is 6.92 Å². The van der Waals surface area contributed by atoms with E-state index < -0.39 is 0 Å². The summed E-state index contributed by atoms with van der Waals surface area (Å²) in [6, 6.07) is 6.10. The smallest absolute Gasteiger partial charge is 0.242 e. The lowest BCUT2D eigenvalue weighted by Crippen LogP contribution is -2.40. The molecule has 1 aromatic rings. The fourth-order valence-corrected chi connectivity index (χ4v) is 3.75. The van der Waals surface area contributed by atoms with Crippen molar-refractivity contribution in [1.29, 1.82) is 0 Å². The second-order valence-corrected chi connectivity index (χ2v) is 6.84. The highest BCUT2D eigenvalue weighted by Crippen LogP contribution is 2.34. The van der Waals surface area contributed by atoms with E-state index in [0.29, 0.717) is 6.04 Å². The van der Waals surface area contributed by atoms with Gasteiger partial charge in [-0.15, -0.1) is 0 Å². The summed E-state index contributed by atoms with van der Waals surface area (Å²) in [4.78, 5) is 26.0. The largest absolute Gasteiger partial charge is 0.325 e. The molecule has 2 heterocycles. The number of nitrogens with one attached hydrogen (secondary N) is 3. The second-order valence-electron chi connectivity index (χ2n) is 6.84. The molecule has 3 rings (SSSR count).